The molecule has 0 saturated carbocycles. The Kier molecular flexibility index (Phi) is 3.86. The molecule has 0 amide bonds. The molecule has 0 atom stereocenters. The molecule has 0 saturated heterocycles. The van der Waals surface area contributed by atoms with Gasteiger partial charge < -0.3 is 4.74 Å². The fraction of sp³-hybridized carbons (Fsp3) is 0.231. The monoisotopic (exact) mass is 299 g/mol. The molecule has 0 bridgehead atoms. The van der Waals surface area contributed by atoms with Gasteiger partial charge in [0.05, 0.1) is 19.0 Å². The number of esters is 1. The maximum absolute atomic E-state index is 12.1. The molecule has 0 aliphatic rings. The molecule has 0 spiro atoms. The summed E-state index contributed by atoms with van der Waals surface area (Å²) in [5, 5.41) is 12.4. The Morgan fingerprint density at radius 3 is 2.59 bits per heavy atom. The van der Waals surface area contributed by atoms with Crippen LogP contribution in [0.3, 0.4) is 0 Å². The minimum Gasteiger partial charge on any atom is -0.462 e. The number of carbonyl (C=O) groups excluding carboxylic acids is 1. The SMILES string of the molecule is CCOC(=O)c1cn(-c2ncccn2)nc1Cn1nccn1. The molecule has 0 fully saturated rings. The van der Waals surface area contributed by atoms with Crippen molar-refractivity contribution in [1.29, 1.82) is 0 Å². The second-order valence-electron chi connectivity index (χ2n) is 4.26. The molecule has 0 radical (unpaired) electrons. The first-order valence-electron chi connectivity index (χ1n) is 6.65. The van der Waals surface area contributed by atoms with Crippen LogP contribution in [-0.2, 0) is 11.3 Å². The van der Waals surface area contributed by atoms with E-state index in [4.69, 9.17) is 4.74 Å². The largest absolute Gasteiger partial charge is 0.462 e. The van der Waals surface area contributed by atoms with E-state index in [0.717, 1.165) is 0 Å². The highest BCUT2D eigenvalue weighted by atomic mass is 16.5. The molecule has 0 unspecified atom stereocenters. The van der Waals surface area contributed by atoms with E-state index in [9.17, 15) is 4.79 Å². The van der Waals surface area contributed by atoms with Gasteiger partial charge in [0.25, 0.3) is 0 Å². The standard InChI is InChI=1S/C13H13N7O2/c1-2-22-12(21)10-8-19(13-14-4-3-5-15-13)18-11(10)9-20-16-6-7-17-20/h3-8H,2,9H2,1H3. The lowest BCUT2D eigenvalue weighted by Crippen LogP contribution is -2.11. The minimum absolute atomic E-state index is 0.251. The van der Waals surface area contributed by atoms with Gasteiger partial charge in [-0.3, -0.25) is 0 Å². The summed E-state index contributed by atoms with van der Waals surface area (Å²) < 4.78 is 6.49. The molecular formula is C13H13N7O2. The number of hydrogen-bond donors (Lipinski definition) is 0. The molecule has 0 aliphatic heterocycles. The van der Waals surface area contributed by atoms with Crippen molar-refractivity contribution in [2.45, 2.75) is 13.5 Å². The Balaban J connectivity index is 1.98. The normalized spacial score (nSPS) is 10.6. The summed E-state index contributed by atoms with van der Waals surface area (Å²) in [5.41, 5.74) is 0.828. The lowest BCUT2D eigenvalue weighted by molar-refractivity contribution is 0.0525. The fourth-order valence-corrected chi connectivity index (χ4v) is 1.88. The van der Waals surface area contributed by atoms with Crippen LogP contribution in [0.15, 0.2) is 37.1 Å². The number of rotatable bonds is 5. The minimum atomic E-state index is -0.452. The number of nitrogens with zero attached hydrogens (tertiary/aromatic N) is 7. The summed E-state index contributed by atoms with van der Waals surface area (Å²) in [6.07, 6.45) is 7.86. The van der Waals surface area contributed by atoms with Gasteiger partial charge >= 0.3 is 5.97 Å². The van der Waals surface area contributed by atoms with E-state index in [2.05, 4.69) is 25.3 Å². The third kappa shape index (κ3) is 2.82. The molecule has 0 N–H and O–H groups in total. The van der Waals surface area contributed by atoms with Crippen LogP contribution in [0.25, 0.3) is 5.95 Å². The first-order valence-corrected chi connectivity index (χ1v) is 6.65. The van der Waals surface area contributed by atoms with Gasteiger partial charge in [0.15, 0.2) is 0 Å². The molecule has 112 valence electrons. The van der Waals surface area contributed by atoms with Gasteiger partial charge in [-0.05, 0) is 13.0 Å². The Hall–Kier alpha value is -3.10. The zero-order valence-corrected chi connectivity index (χ0v) is 11.8. The average Bonchev–Trinajstić information content (AvgIpc) is 3.19. The lowest BCUT2D eigenvalue weighted by atomic mass is 10.2. The van der Waals surface area contributed by atoms with Crippen LogP contribution in [-0.4, -0.2) is 47.3 Å². The van der Waals surface area contributed by atoms with Crippen molar-refractivity contribution in [2.24, 2.45) is 0 Å². The Morgan fingerprint density at radius 1 is 1.18 bits per heavy atom. The van der Waals surface area contributed by atoms with Crippen molar-refractivity contribution in [3.8, 4) is 5.95 Å². The third-order valence-electron chi connectivity index (χ3n) is 2.80. The van der Waals surface area contributed by atoms with Gasteiger partial charge in [-0.1, -0.05) is 0 Å². The second-order valence-corrected chi connectivity index (χ2v) is 4.26. The molecular weight excluding hydrogens is 286 g/mol. The lowest BCUT2D eigenvalue weighted by Gasteiger charge is -2.01. The van der Waals surface area contributed by atoms with Crippen LogP contribution in [0.2, 0.25) is 0 Å². The van der Waals surface area contributed by atoms with Crippen LogP contribution < -0.4 is 0 Å². The highest BCUT2D eigenvalue weighted by Crippen LogP contribution is 2.12. The quantitative estimate of drug-likeness (QED) is 0.631. The third-order valence-corrected chi connectivity index (χ3v) is 2.80. The van der Waals surface area contributed by atoms with Crippen molar-refractivity contribution in [3.63, 3.8) is 0 Å². The van der Waals surface area contributed by atoms with E-state index < -0.39 is 5.97 Å². The van der Waals surface area contributed by atoms with Crippen molar-refractivity contribution in [2.75, 3.05) is 6.61 Å². The van der Waals surface area contributed by atoms with E-state index in [1.165, 1.54) is 9.48 Å². The zero-order valence-electron chi connectivity index (χ0n) is 11.8. The molecule has 3 aromatic heterocycles. The number of carbonyl (C=O) groups is 1. The highest BCUT2D eigenvalue weighted by molar-refractivity contribution is 5.90. The fourth-order valence-electron chi connectivity index (χ4n) is 1.88. The summed E-state index contributed by atoms with van der Waals surface area (Å²) in [6.45, 7) is 2.28. The van der Waals surface area contributed by atoms with Crippen molar-refractivity contribution >= 4 is 5.97 Å². The van der Waals surface area contributed by atoms with Crippen LogP contribution in [0.4, 0.5) is 0 Å². The summed E-state index contributed by atoms with van der Waals surface area (Å²) in [5.74, 6) is -0.0837. The van der Waals surface area contributed by atoms with Crippen molar-refractivity contribution < 1.29 is 9.53 Å². The number of aromatic nitrogens is 7. The van der Waals surface area contributed by atoms with Gasteiger partial charge in [0.1, 0.15) is 17.8 Å². The topological polar surface area (TPSA) is 101 Å². The predicted molar refractivity (Wildman–Crippen MR) is 74.2 cm³/mol. The Morgan fingerprint density at radius 2 is 1.91 bits per heavy atom. The molecule has 22 heavy (non-hydrogen) atoms. The zero-order chi connectivity index (χ0) is 15.4. The highest BCUT2D eigenvalue weighted by Gasteiger charge is 2.19. The van der Waals surface area contributed by atoms with Gasteiger partial charge in [0.2, 0.25) is 5.95 Å². The van der Waals surface area contributed by atoms with Gasteiger partial charge in [-0.2, -0.15) is 20.1 Å². The van der Waals surface area contributed by atoms with Crippen molar-refractivity contribution in [3.05, 3.63) is 48.3 Å². The molecule has 3 rings (SSSR count). The van der Waals surface area contributed by atoms with Gasteiger partial charge in [-0.15, -0.1) is 0 Å². The summed E-state index contributed by atoms with van der Waals surface area (Å²) in [7, 11) is 0. The Labute approximate surface area is 125 Å². The second kappa shape index (κ2) is 6.12. The van der Waals surface area contributed by atoms with E-state index >= 15 is 0 Å². The molecule has 3 heterocycles. The average molecular weight is 299 g/mol. The van der Waals surface area contributed by atoms with Crippen molar-refractivity contribution in [1.82, 2.24) is 34.7 Å². The van der Waals surface area contributed by atoms with Gasteiger partial charge in [0, 0.05) is 18.6 Å². The summed E-state index contributed by atoms with van der Waals surface area (Å²) >= 11 is 0. The predicted octanol–water partition coefficient (Wildman–Crippen LogP) is 0.479. The molecule has 9 heteroatoms. The van der Waals surface area contributed by atoms with Crippen LogP contribution in [0.1, 0.15) is 23.0 Å². The summed E-state index contributed by atoms with van der Waals surface area (Å²) in [4.78, 5) is 21.7. The van der Waals surface area contributed by atoms with Crippen LogP contribution in [0.5, 0.6) is 0 Å². The maximum Gasteiger partial charge on any atom is 0.341 e. The van der Waals surface area contributed by atoms with Crippen LogP contribution in [0, 0.1) is 0 Å². The number of hydrogen-bond acceptors (Lipinski definition) is 7. The molecule has 3 aromatic rings. The van der Waals surface area contributed by atoms with E-state index in [0.29, 0.717) is 17.2 Å². The first-order chi connectivity index (χ1) is 10.8. The maximum atomic E-state index is 12.1. The molecule has 0 aliphatic carbocycles. The van der Waals surface area contributed by atoms with E-state index in [1.54, 1.807) is 44.0 Å². The van der Waals surface area contributed by atoms with Crippen LogP contribution >= 0.6 is 0 Å². The Bertz CT molecular complexity index is 752. The molecule has 0 aromatic carbocycles. The summed E-state index contributed by atoms with van der Waals surface area (Å²) in [6, 6.07) is 1.70. The van der Waals surface area contributed by atoms with E-state index in [1.807, 2.05) is 0 Å². The molecule has 9 nitrogen and oxygen atoms in total. The smallest absolute Gasteiger partial charge is 0.341 e. The van der Waals surface area contributed by atoms with Gasteiger partial charge in [-0.25, -0.2) is 19.4 Å². The first kappa shape index (κ1) is 13.9. The van der Waals surface area contributed by atoms with E-state index in [-0.39, 0.29) is 13.2 Å². The number of ether oxygens (including phenoxy) is 1.